The predicted octanol–water partition coefficient (Wildman–Crippen LogP) is 4.00. The molecule has 0 saturated carbocycles. The Kier molecular flexibility index (Phi) is 3.73. The number of para-hydroxylation sites is 1. The average molecular weight is 319 g/mol. The second-order valence-electron chi connectivity index (χ2n) is 6.40. The van der Waals surface area contributed by atoms with Crippen LogP contribution in [0, 0.1) is 6.92 Å². The molecule has 4 nitrogen and oxygen atoms in total. The summed E-state index contributed by atoms with van der Waals surface area (Å²) in [6.07, 6.45) is 4.35. The summed E-state index contributed by atoms with van der Waals surface area (Å²) < 4.78 is 0. The van der Waals surface area contributed by atoms with E-state index in [0.29, 0.717) is 5.57 Å². The normalized spacial score (nSPS) is 18.0. The first-order valence-corrected chi connectivity index (χ1v) is 8.45. The molecule has 2 aromatic carbocycles. The van der Waals surface area contributed by atoms with Gasteiger partial charge >= 0.3 is 0 Å². The molecule has 0 bridgehead atoms. The number of carbonyl (C=O) groups is 1. The molecule has 1 saturated heterocycles. The Bertz CT molecular complexity index is 819. The predicted molar refractivity (Wildman–Crippen MR) is 99.3 cm³/mol. The van der Waals surface area contributed by atoms with Gasteiger partial charge in [-0.25, -0.2) is 0 Å². The summed E-state index contributed by atoms with van der Waals surface area (Å²) in [6, 6.07) is 14.1. The number of carbonyl (C=O) groups excluding carboxylic acids is 1. The maximum Gasteiger partial charge on any atom is 0.257 e. The van der Waals surface area contributed by atoms with Gasteiger partial charge in [-0.15, -0.1) is 0 Å². The van der Waals surface area contributed by atoms with Crippen molar-refractivity contribution in [2.45, 2.75) is 19.8 Å². The van der Waals surface area contributed by atoms with Crippen LogP contribution in [0.4, 0.5) is 17.1 Å². The molecule has 2 heterocycles. The zero-order valence-electron chi connectivity index (χ0n) is 13.8. The highest BCUT2D eigenvalue weighted by atomic mass is 16.2. The lowest BCUT2D eigenvalue weighted by Gasteiger charge is -2.20. The minimum Gasteiger partial charge on any atom is -0.371 e. The van der Waals surface area contributed by atoms with E-state index in [1.165, 1.54) is 24.1 Å². The van der Waals surface area contributed by atoms with Crippen LogP contribution >= 0.6 is 0 Å². The number of nitrogens with zero attached hydrogens (tertiary/aromatic N) is 1. The summed E-state index contributed by atoms with van der Waals surface area (Å²) in [5.41, 5.74) is 6.06. The van der Waals surface area contributed by atoms with Crippen LogP contribution < -0.4 is 15.5 Å². The minimum absolute atomic E-state index is 0.0610. The van der Waals surface area contributed by atoms with E-state index in [9.17, 15) is 4.79 Å². The zero-order valence-corrected chi connectivity index (χ0v) is 13.8. The summed E-state index contributed by atoms with van der Waals surface area (Å²) in [4.78, 5) is 14.6. The largest absolute Gasteiger partial charge is 0.371 e. The van der Waals surface area contributed by atoms with Gasteiger partial charge in [0.15, 0.2) is 0 Å². The van der Waals surface area contributed by atoms with E-state index in [1.54, 1.807) is 6.20 Å². The third-order valence-electron chi connectivity index (χ3n) is 4.74. The Labute approximate surface area is 142 Å². The van der Waals surface area contributed by atoms with Crippen LogP contribution in [0.5, 0.6) is 0 Å². The average Bonchev–Trinajstić information content (AvgIpc) is 3.20. The molecule has 0 aliphatic carbocycles. The van der Waals surface area contributed by atoms with Gasteiger partial charge < -0.3 is 15.5 Å². The number of anilines is 3. The Morgan fingerprint density at radius 1 is 1.12 bits per heavy atom. The number of hydrogen-bond acceptors (Lipinski definition) is 3. The molecule has 2 N–H and O–H groups in total. The lowest BCUT2D eigenvalue weighted by molar-refractivity contribution is -0.110. The van der Waals surface area contributed by atoms with E-state index < -0.39 is 0 Å². The fraction of sp³-hybridized carbons (Fsp3) is 0.250. The van der Waals surface area contributed by atoms with Crippen LogP contribution in [0.1, 0.15) is 24.0 Å². The third kappa shape index (κ3) is 2.64. The lowest BCUT2D eigenvalue weighted by atomic mass is 10.1. The molecular formula is C20H21N3O. The van der Waals surface area contributed by atoms with Crippen molar-refractivity contribution in [1.29, 1.82) is 0 Å². The fourth-order valence-corrected chi connectivity index (χ4v) is 3.50. The monoisotopic (exact) mass is 319 g/mol. The van der Waals surface area contributed by atoms with E-state index in [-0.39, 0.29) is 5.91 Å². The van der Waals surface area contributed by atoms with Crippen molar-refractivity contribution in [1.82, 2.24) is 0 Å². The molecule has 0 atom stereocenters. The highest BCUT2D eigenvalue weighted by molar-refractivity contribution is 6.31. The van der Waals surface area contributed by atoms with E-state index in [4.69, 9.17) is 0 Å². The van der Waals surface area contributed by atoms with Crippen LogP contribution in [0.25, 0.3) is 5.57 Å². The molecule has 0 spiro atoms. The Hall–Kier alpha value is -2.75. The molecule has 2 aliphatic rings. The van der Waals surface area contributed by atoms with Gasteiger partial charge in [-0.05, 0) is 49.6 Å². The maximum absolute atomic E-state index is 12.1. The number of fused-ring (bicyclic) bond motifs is 1. The summed E-state index contributed by atoms with van der Waals surface area (Å²) >= 11 is 0. The smallest absolute Gasteiger partial charge is 0.257 e. The quantitative estimate of drug-likeness (QED) is 0.841. The number of aryl methyl sites for hydroxylation is 1. The molecule has 4 heteroatoms. The van der Waals surface area contributed by atoms with Crippen molar-refractivity contribution in [2.75, 3.05) is 28.6 Å². The van der Waals surface area contributed by atoms with E-state index in [2.05, 4.69) is 40.7 Å². The second-order valence-corrected chi connectivity index (χ2v) is 6.40. The van der Waals surface area contributed by atoms with Gasteiger partial charge in [0.25, 0.3) is 5.91 Å². The Morgan fingerprint density at radius 3 is 2.71 bits per heavy atom. The number of amides is 1. The number of benzene rings is 2. The first-order chi connectivity index (χ1) is 11.7. The van der Waals surface area contributed by atoms with Crippen LogP contribution in [0.3, 0.4) is 0 Å². The number of nitrogens with one attached hydrogen (secondary N) is 2. The number of rotatable bonds is 3. The van der Waals surface area contributed by atoms with Crippen LogP contribution in [-0.4, -0.2) is 19.0 Å². The molecule has 2 aliphatic heterocycles. The van der Waals surface area contributed by atoms with Crippen molar-refractivity contribution < 1.29 is 4.79 Å². The zero-order chi connectivity index (χ0) is 16.5. The first kappa shape index (κ1) is 14.8. The van der Waals surface area contributed by atoms with Crippen molar-refractivity contribution in [3.63, 3.8) is 0 Å². The summed E-state index contributed by atoms with van der Waals surface area (Å²) in [5.74, 6) is -0.0610. The lowest BCUT2D eigenvalue weighted by Crippen LogP contribution is -2.18. The molecule has 0 radical (unpaired) electrons. The summed E-state index contributed by atoms with van der Waals surface area (Å²) in [6.45, 7) is 4.44. The van der Waals surface area contributed by atoms with Crippen LogP contribution in [0.2, 0.25) is 0 Å². The van der Waals surface area contributed by atoms with Gasteiger partial charge in [-0.3, -0.25) is 4.79 Å². The van der Waals surface area contributed by atoms with Crippen molar-refractivity contribution in [2.24, 2.45) is 0 Å². The molecule has 0 unspecified atom stereocenters. The highest BCUT2D eigenvalue weighted by Crippen LogP contribution is 2.31. The Balaban J connectivity index is 1.56. The second kappa shape index (κ2) is 6.04. The molecule has 24 heavy (non-hydrogen) atoms. The standard InChI is InChI=1S/C20H21N3O/c1-14-12-15(8-9-19(14)23-10-4-5-11-23)21-13-17-16-6-2-3-7-18(16)22-20(17)24/h2-3,6-9,12-13,21H,4-5,10-11H2,1H3,(H,22,24). The van der Waals surface area contributed by atoms with Gasteiger partial charge in [0, 0.05) is 41.9 Å². The molecule has 1 amide bonds. The topological polar surface area (TPSA) is 44.4 Å². The van der Waals surface area contributed by atoms with Crippen molar-refractivity contribution in [3.05, 3.63) is 59.8 Å². The fourth-order valence-electron chi connectivity index (χ4n) is 3.50. The Morgan fingerprint density at radius 2 is 1.92 bits per heavy atom. The van der Waals surface area contributed by atoms with Crippen molar-refractivity contribution >= 4 is 28.5 Å². The minimum atomic E-state index is -0.0610. The molecule has 1 fully saturated rings. The number of hydrogen-bond donors (Lipinski definition) is 2. The molecule has 122 valence electrons. The SMILES string of the molecule is Cc1cc(NC=C2C(=O)Nc3ccccc32)ccc1N1CCCC1. The van der Waals surface area contributed by atoms with Gasteiger partial charge in [-0.1, -0.05) is 18.2 Å². The molecular weight excluding hydrogens is 298 g/mol. The van der Waals surface area contributed by atoms with Gasteiger partial charge in [-0.2, -0.15) is 0 Å². The molecule has 2 aromatic rings. The van der Waals surface area contributed by atoms with E-state index in [0.717, 1.165) is 30.0 Å². The molecule has 4 rings (SSSR count). The summed E-state index contributed by atoms with van der Waals surface area (Å²) in [7, 11) is 0. The van der Waals surface area contributed by atoms with Crippen molar-refractivity contribution in [3.8, 4) is 0 Å². The van der Waals surface area contributed by atoms with Gasteiger partial charge in [0.1, 0.15) is 0 Å². The van der Waals surface area contributed by atoms with Gasteiger partial charge in [0.2, 0.25) is 0 Å². The van der Waals surface area contributed by atoms with E-state index >= 15 is 0 Å². The maximum atomic E-state index is 12.1. The first-order valence-electron chi connectivity index (χ1n) is 8.45. The van der Waals surface area contributed by atoms with Crippen LogP contribution in [0.15, 0.2) is 48.7 Å². The third-order valence-corrected chi connectivity index (χ3v) is 4.74. The van der Waals surface area contributed by atoms with Gasteiger partial charge in [0.05, 0.1) is 5.57 Å². The van der Waals surface area contributed by atoms with Crippen LogP contribution in [-0.2, 0) is 4.79 Å². The highest BCUT2D eigenvalue weighted by Gasteiger charge is 2.23. The van der Waals surface area contributed by atoms with E-state index in [1.807, 2.05) is 24.3 Å². The summed E-state index contributed by atoms with van der Waals surface area (Å²) in [5, 5.41) is 6.16. The molecule has 0 aromatic heterocycles.